The van der Waals surface area contributed by atoms with Gasteiger partial charge in [-0.05, 0) is 30.9 Å². The molecule has 0 aliphatic carbocycles. The van der Waals surface area contributed by atoms with Crippen molar-refractivity contribution in [2.24, 2.45) is 5.92 Å². The van der Waals surface area contributed by atoms with E-state index in [1.807, 2.05) is 0 Å². The predicted octanol–water partition coefficient (Wildman–Crippen LogP) is 3.58. The molecule has 1 atom stereocenters. The number of alkyl halides is 1. The van der Waals surface area contributed by atoms with Crippen LogP contribution < -0.4 is 0 Å². The van der Waals surface area contributed by atoms with Gasteiger partial charge in [-0.1, -0.05) is 19.8 Å². The maximum atomic E-state index is 10.9. The fourth-order valence-electron chi connectivity index (χ4n) is 1.15. The largest absolute Gasteiger partial charge is 0.281 e. The molecule has 12 heavy (non-hydrogen) atoms. The van der Waals surface area contributed by atoms with Crippen molar-refractivity contribution in [1.29, 1.82) is 0 Å². The van der Waals surface area contributed by atoms with Crippen LogP contribution in [0.25, 0.3) is 0 Å². The number of unbranched alkanes of at least 4 members (excludes halogenated alkanes) is 1. The molecule has 3 heteroatoms. The second kappa shape index (κ2) is 7.88. The molecule has 1 unspecified atom stereocenters. The van der Waals surface area contributed by atoms with Crippen LogP contribution in [0, 0.1) is 5.92 Å². The molecule has 0 aromatic carbocycles. The Hall–Kier alpha value is 0.250. The highest BCUT2D eigenvalue weighted by Gasteiger charge is 2.14. The van der Waals surface area contributed by atoms with Crippen molar-refractivity contribution in [3.8, 4) is 0 Å². The van der Waals surface area contributed by atoms with Crippen LogP contribution in [0.5, 0.6) is 0 Å². The third-order valence-electron chi connectivity index (χ3n) is 1.91. The van der Waals surface area contributed by atoms with Crippen LogP contribution in [0.15, 0.2) is 0 Å². The number of halogens is 2. The fraction of sp³-hybridized carbons (Fsp3) is 0.889. The maximum absolute atomic E-state index is 10.9. The van der Waals surface area contributed by atoms with Crippen molar-refractivity contribution in [3.05, 3.63) is 0 Å². The Labute approximate surface area is 84.4 Å². The second-order valence-corrected chi connectivity index (χ2v) is 3.72. The molecular formula is C9H16Cl2O. The Morgan fingerprint density at radius 2 is 1.92 bits per heavy atom. The Morgan fingerprint density at radius 3 is 2.33 bits per heavy atom. The van der Waals surface area contributed by atoms with E-state index in [0.29, 0.717) is 5.88 Å². The number of hydrogen-bond donors (Lipinski definition) is 0. The van der Waals surface area contributed by atoms with Crippen LogP contribution in [-0.4, -0.2) is 11.1 Å². The summed E-state index contributed by atoms with van der Waals surface area (Å²) in [5.41, 5.74) is 0. The molecular weight excluding hydrogens is 195 g/mol. The van der Waals surface area contributed by atoms with E-state index in [2.05, 4.69) is 6.92 Å². The van der Waals surface area contributed by atoms with Crippen molar-refractivity contribution in [1.82, 2.24) is 0 Å². The molecule has 0 radical (unpaired) electrons. The average Bonchev–Trinajstić information content (AvgIpc) is 2.04. The summed E-state index contributed by atoms with van der Waals surface area (Å²) in [6, 6.07) is 0. The van der Waals surface area contributed by atoms with Crippen LogP contribution >= 0.6 is 23.2 Å². The van der Waals surface area contributed by atoms with Gasteiger partial charge in [0.1, 0.15) is 0 Å². The summed E-state index contributed by atoms with van der Waals surface area (Å²) in [7, 11) is 0. The van der Waals surface area contributed by atoms with Gasteiger partial charge in [-0.15, -0.1) is 11.6 Å². The zero-order chi connectivity index (χ0) is 9.40. The Balaban J connectivity index is 3.62. The van der Waals surface area contributed by atoms with Gasteiger partial charge in [-0.2, -0.15) is 0 Å². The Morgan fingerprint density at radius 1 is 1.33 bits per heavy atom. The zero-order valence-corrected chi connectivity index (χ0v) is 9.00. The average molecular weight is 211 g/mol. The molecule has 0 amide bonds. The summed E-state index contributed by atoms with van der Waals surface area (Å²) in [6.07, 6.45) is 4.82. The molecule has 1 nitrogen and oxygen atoms in total. The molecule has 0 fully saturated rings. The molecule has 0 N–H and O–H groups in total. The van der Waals surface area contributed by atoms with E-state index in [1.165, 1.54) is 0 Å². The van der Waals surface area contributed by atoms with E-state index in [4.69, 9.17) is 23.2 Å². The van der Waals surface area contributed by atoms with Gasteiger partial charge in [-0.25, -0.2) is 0 Å². The highest BCUT2D eigenvalue weighted by atomic mass is 35.5. The van der Waals surface area contributed by atoms with Crippen molar-refractivity contribution in [2.45, 2.75) is 39.0 Å². The van der Waals surface area contributed by atoms with Crippen molar-refractivity contribution >= 4 is 28.4 Å². The summed E-state index contributed by atoms with van der Waals surface area (Å²) in [4.78, 5) is 10.9. The van der Waals surface area contributed by atoms with Gasteiger partial charge in [0.05, 0.1) is 0 Å². The second-order valence-electron chi connectivity index (χ2n) is 2.97. The molecule has 0 heterocycles. The van der Waals surface area contributed by atoms with Gasteiger partial charge in [0.15, 0.2) is 0 Å². The summed E-state index contributed by atoms with van der Waals surface area (Å²) >= 11 is 11.0. The third kappa shape index (κ3) is 5.84. The quantitative estimate of drug-likeness (QED) is 0.464. The van der Waals surface area contributed by atoms with E-state index in [0.717, 1.165) is 32.1 Å². The van der Waals surface area contributed by atoms with Crippen LogP contribution in [0.4, 0.5) is 0 Å². The SMILES string of the molecule is CCCCC(CCCCl)C(=O)Cl. The van der Waals surface area contributed by atoms with Gasteiger partial charge in [0, 0.05) is 11.8 Å². The van der Waals surface area contributed by atoms with Gasteiger partial charge in [0.25, 0.3) is 0 Å². The first-order valence-electron chi connectivity index (χ1n) is 4.47. The molecule has 0 aliphatic rings. The first kappa shape index (κ1) is 12.2. The van der Waals surface area contributed by atoms with Gasteiger partial charge < -0.3 is 0 Å². The van der Waals surface area contributed by atoms with E-state index in [9.17, 15) is 4.79 Å². The van der Waals surface area contributed by atoms with Crippen molar-refractivity contribution in [2.75, 3.05) is 5.88 Å². The minimum absolute atomic E-state index is 0.0327. The maximum Gasteiger partial charge on any atom is 0.224 e. The third-order valence-corrected chi connectivity index (χ3v) is 2.49. The van der Waals surface area contributed by atoms with Crippen molar-refractivity contribution < 1.29 is 4.79 Å². The normalized spacial score (nSPS) is 12.9. The van der Waals surface area contributed by atoms with E-state index in [1.54, 1.807) is 0 Å². The summed E-state index contributed by atoms with van der Waals surface area (Å²) in [6.45, 7) is 2.11. The molecule has 0 spiro atoms. The molecule has 0 aromatic heterocycles. The van der Waals surface area contributed by atoms with Crippen LogP contribution in [0.1, 0.15) is 39.0 Å². The Bertz CT molecular complexity index is 118. The standard InChI is InChI=1S/C9H16Cl2O/c1-2-3-5-8(9(11)12)6-4-7-10/h8H,2-7H2,1H3. The monoisotopic (exact) mass is 210 g/mol. The first-order chi connectivity index (χ1) is 5.72. The molecule has 0 aromatic rings. The minimum Gasteiger partial charge on any atom is -0.281 e. The van der Waals surface area contributed by atoms with E-state index < -0.39 is 0 Å². The number of carbonyl (C=O) groups excluding carboxylic acids is 1. The van der Waals surface area contributed by atoms with Crippen LogP contribution in [0.3, 0.4) is 0 Å². The number of rotatable bonds is 7. The molecule has 0 aliphatic heterocycles. The molecule has 0 bridgehead atoms. The minimum atomic E-state index is -0.200. The fourth-order valence-corrected chi connectivity index (χ4v) is 1.52. The topological polar surface area (TPSA) is 17.1 Å². The lowest BCUT2D eigenvalue weighted by Gasteiger charge is -2.09. The molecule has 72 valence electrons. The first-order valence-corrected chi connectivity index (χ1v) is 5.39. The Kier molecular flexibility index (Phi) is 8.04. The lowest BCUT2D eigenvalue weighted by molar-refractivity contribution is -0.115. The van der Waals surface area contributed by atoms with Gasteiger partial charge >= 0.3 is 0 Å². The highest BCUT2D eigenvalue weighted by Crippen LogP contribution is 2.17. The van der Waals surface area contributed by atoms with Crippen molar-refractivity contribution in [3.63, 3.8) is 0 Å². The lowest BCUT2D eigenvalue weighted by atomic mass is 9.99. The summed E-state index contributed by atoms with van der Waals surface area (Å²) in [5.74, 6) is 0.651. The van der Waals surface area contributed by atoms with E-state index in [-0.39, 0.29) is 11.2 Å². The van der Waals surface area contributed by atoms with Crippen LogP contribution in [-0.2, 0) is 4.79 Å². The predicted molar refractivity (Wildman–Crippen MR) is 53.8 cm³/mol. The van der Waals surface area contributed by atoms with Gasteiger partial charge in [0.2, 0.25) is 5.24 Å². The zero-order valence-electron chi connectivity index (χ0n) is 7.48. The highest BCUT2D eigenvalue weighted by molar-refractivity contribution is 6.63. The number of carbonyl (C=O) groups is 1. The smallest absolute Gasteiger partial charge is 0.224 e. The van der Waals surface area contributed by atoms with Crippen LogP contribution in [0.2, 0.25) is 0 Å². The molecule has 0 rings (SSSR count). The van der Waals surface area contributed by atoms with Gasteiger partial charge in [-0.3, -0.25) is 4.79 Å². The molecule has 0 saturated heterocycles. The summed E-state index contributed by atoms with van der Waals surface area (Å²) < 4.78 is 0. The molecule has 0 saturated carbocycles. The van der Waals surface area contributed by atoms with E-state index >= 15 is 0 Å². The number of hydrogen-bond acceptors (Lipinski definition) is 1. The lowest BCUT2D eigenvalue weighted by Crippen LogP contribution is -2.08. The summed E-state index contributed by atoms with van der Waals surface area (Å²) in [5, 5.41) is -0.200.